The summed E-state index contributed by atoms with van der Waals surface area (Å²) in [6, 6.07) is 5.65. The molecule has 112 valence electrons. The molecule has 2 N–H and O–H groups in total. The minimum Gasteiger partial charge on any atom is -0.497 e. The number of methoxy groups -OCH3 is 2. The molecule has 1 aromatic carbocycles. The monoisotopic (exact) mass is 289 g/mol. The standard InChI is InChI=1S/C15H19N3O3/c1-5-12-17-13(15(19)21-4)14(16)18(12)11-7-6-10(20-3)8-9(11)2/h6-8H,5,16H2,1-4H3. The van der Waals surface area contributed by atoms with Gasteiger partial charge in [0.2, 0.25) is 0 Å². The Labute approximate surface area is 123 Å². The Hall–Kier alpha value is -2.50. The lowest BCUT2D eigenvalue weighted by molar-refractivity contribution is 0.0595. The number of nitrogens with zero attached hydrogens (tertiary/aromatic N) is 2. The number of anilines is 1. The van der Waals surface area contributed by atoms with Crippen LogP contribution < -0.4 is 10.5 Å². The summed E-state index contributed by atoms with van der Waals surface area (Å²) in [5, 5.41) is 0. The highest BCUT2D eigenvalue weighted by Crippen LogP contribution is 2.26. The smallest absolute Gasteiger partial charge is 0.360 e. The first-order valence-electron chi connectivity index (χ1n) is 6.63. The van der Waals surface area contributed by atoms with Crippen molar-refractivity contribution in [2.45, 2.75) is 20.3 Å². The van der Waals surface area contributed by atoms with Gasteiger partial charge >= 0.3 is 5.97 Å². The molecule has 0 saturated carbocycles. The zero-order chi connectivity index (χ0) is 15.6. The van der Waals surface area contributed by atoms with Gasteiger partial charge in [-0.2, -0.15) is 0 Å². The molecular formula is C15H19N3O3. The topological polar surface area (TPSA) is 79.4 Å². The van der Waals surface area contributed by atoms with Gasteiger partial charge in [0, 0.05) is 6.42 Å². The number of nitrogens with two attached hydrogens (primary N) is 1. The van der Waals surface area contributed by atoms with E-state index in [2.05, 4.69) is 4.98 Å². The highest BCUT2D eigenvalue weighted by atomic mass is 16.5. The second kappa shape index (κ2) is 5.87. The van der Waals surface area contributed by atoms with Crippen LogP contribution in [0.1, 0.15) is 28.8 Å². The third-order valence-electron chi connectivity index (χ3n) is 3.32. The molecule has 1 aromatic heterocycles. The normalized spacial score (nSPS) is 10.5. The van der Waals surface area contributed by atoms with E-state index in [9.17, 15) is 4.79 Å². The predicted molar refractivity (Wildman–Crippen MR) is 80.0 cm³/mol. The van der Waals surface area contributed by atoms with Crippen molar-refractivity contribution in [3.05, 3.63) is 35.3 Å². The first-order chi connectivity index (χ1) is 10.0. The molecule has 0 aliphatic rings. The summed E-state index contributed by atoms with van der Waals surface area (Å²) < 4.78 is 11.7. The third kappa shape index (κ3) is 2.56. The van der Waals surface area contributed by atoms with Crippen molar-refractivity contribution in [1.82, 2.24) is 9.55 Å². The summed E-state index contributed by atoms with van der Waals surface area (Å²) in [6.45, 7) is 3.91. The fourth-order valence-electron chi connectivity index (χ4n) is 2.24. The number of ether oxygens (including phenoxy) is 2. The van der Waals surface area contributed by atoms with Crippen molar-refractivity contribution in [3.63, 3.8) is 0 Å². The van der Waals surface area contributed by atoms with Gasteiger partial charge in [0.25, 0.3) is 0 Å². The second-order valence-electron chi connectivity index (χ2n) is 4.59. The Bertz CT molecular complexity index is 677. The lowest BCUT2D eigenvalue weighted by atomic mass is 10.2. The molecule has 6 nitrogen and oxygen atoms in total. The minimum absolute atomic E-state index is 0.143. The first kappa shape index (κ1) is 14.9. The lowest BCUT2D eigenvalue weighted by Crippen LogP contribution is -2.09. The summed E-state index contributed by atoms with van der Waals surface area (Å²) in [5.41, 5.74) is 8.08. The van der Waals surface area contributed by atoms with Crippen LogP contribution in [0, 0.1) is 6.92 Å². The van der Waals surface area contributed by atoms with E-state index in [1.165, 1.54) is 7.11 Å². The molecule has 0 radical (unpaired) electrons. The van der Waals surface area contributed by atoms with Crippen LogP contribution >= 0.6 is 0 Å². The van der Waals surface area contributed by atoms with Gasteiger partial charge in [-0.25, -0.2) is 9.78 Å². The van der Waals surface area contributed by atoms with Crippen LogP contribution in [0.3, 0.4) is 0 Å². The van der Waals surface area contributed by atoms with Gasteiger partial charge in [0.1, 0.15) is 17.4 Å². The fraction of sp³-hybridized carbons (Fsp3) is 0.333. The van der Waals surface area contributed by atoms with Crippen LogP contribution in [0.5, 0.6) is 5.75 Å². The Balaban J connectivity index is 2.63. The van der Waals surface area contributed by atoms with Gasteiger partial charge in [-0.3, -0.25) is 4.57 Å². The maximum absolute atomic E-state index is 11.7. The Kier molecular flexibility index (Phi) is 4.16. The number of aromatic nitrogens is 2. The SMILES string of the molecule is CCc1nc(C(=O)OC)c(N)n1-c1ccc(OC)cc1C. The highest BCUT2D eigenvalue weighted by molar-refractivity contribution is 5.92. The highest BCUT2D eigenvalue weighted by Gasteiger charge is 2.22. The Morgan fingerprint density at radius 3 is 2.62 bits per heavy atom. The largest absolute Gasteiger partial charge is 0.497 e. The van der Waals surface area contributed by atoms with E-state index < -0.39 is 5.97 Å². The number of hydrogen-bond acceptors (Lipinski definition) is 5. The number of rotatable bonds is 4. The average molecular weight is 289 g/mol. The molecule has 1 heterocycles. The van der Waals surface area contributed by atoms with Crippen LogP contribution in [0.25, 0.3) is 5.69 Å². The number of esters is 1. The van der Waals surface area contributed by atoms with Gasteiger partial charge < -0.3 is 15.2 Å². The average Bonchev–Trinajstić information content (AvgIpc) is 2.83. The van der Waals surface area contributed by atoms with E-state index in [1.54, 1.807) is 11.7 Å². The molecule has 0 atom stereocenters. The molecule has 0 amide bonds. The Morgan fingerprint density at radius 2 is 2.10 bits per heavy atom. The quantitative estimate of drug-likeness (QED) is 0.872. The molecular weight excluding hydrogens is 270 g/mol. The molecule has 0 bridgehead atoms. The van der Waals surface area contributed by atoms with Crippen molar-refractivity contribution < 1.29 is 14.3 Å². The number of carbonyl (C=O) groups excluding carboxylic acids is 1. The molecule has 0 spiro atoms. The first-order valence-corrected chi connectivity index (χ1v) is 6.63. The molecule has 0 aliphatic heterocycles. The molecule has 0 saturated heterocycles. The van der Waals surface area contributed by atoms with Gasteiger partial charge in [0.15, 0.2) is 5.69 Å². The zero-order valence-electron chi connectivity index (χ0n) is 12.6. The summed E-state index contributed by atoms with van der Waals surface area (Å²) in [7, 11) is 2.93. The number of carbonyl (C=O) groups is 1. The van der Waals surface area contributed by atoms with E-state index in [-0.39, 0.29) is 11.5 Å². The van der Waals surface area contributed by atoms with E-state index in [0.29, 0.717) is 12.2 Å². The van der Waals surface area contributed by atoms with Crippen LogP contribution in [-0.4, -0.2) is 29.7 Å². The second-order valence-corrected chi connectivity index (χ2v) is 4.59. The van der Waals surface area contributed by atoms with Crippen LogP contribution in [0.2, 0.25) is 0 Å². The summed E-state index contributed by atoms with van der Waals surface area (Å²) in [6.07, 6.45) is 0.645. The lowest BCUT2D eigenvalue weighted by Gasteiger charge is -2.13. The Morgan fingerprint density at radius 1 is 1.38 bits per heavy atom. The van der Waals surface area contributed by atoms with Gasteiger partial charge in [-0.1, -0.05) is 6.92 Å². The molecule has 2 rings (SSSR count). The van der Waals surface area contributed by atoms with Crippen LogP contribution in [0.15, 0.2) is 18.2 Å². The van der Waals surface area contributed by atoms with E-state index >= 15 is 0 Å². The van der Waals surface area contributed by atoms with E-state index in [4.69, 9.17) is 15.2 Å². The predicted octanol–water partition coefficient (Wildman–Crippen LogP) is 2.12. The number of aryl methyl sites for hydroxylation is 2. The fourth-order valence-corrected chi connectivity index (χ4v) is 2.24. The molecule has 6 heteroatoms. The molecule has 0 fully saturated rings. The maximum Gasteiger partial charge on any atom is 0.360 e. The third-order valence-corrected chi connectivity index (χ3v) is 3.32. The van der Waals surface area contributed by atoms with Crippen LogP contribution in [0.4, 0.5) is 5.82 Å². The van der Waals surface area contributed by atoms with Crippen molar-refractivity contribution in [1.29, 1.82) is 0 Å². The van der Waals surface area contributed by atoms with E-state index in [1.807, 2.05) is 32.0 Å². The zero-order valence-corrected chi connectivity index (χ0v) is 12.6. The van der Waals surface area contributed by atoms with Crippen molar-refractivity contribution in [2.24, 2.45) is 0 Å². The van der Waals surface area contributed by atoms with E-state index in [0.717, 1.165) is 17.0 Å². The minimum atomic E-state index is -0.535. The van der Waals surface area contributed by atoms with Gasteiger partial charge in [-0.15, -0.1) is 0 Å². The maximum atomic E-state index is 11.7. The number of imidazole rings is 1. The summed E-state index contributed by atoms with van der Waals surface area (Å²) in [4.78, 5) is 16.0. The van der Waals surface area contributed by atoms with Crippen molar-refractivity contribution in [3.8, 4) is 11.4 Å². The molecule has 2 aromatic rings. The molecule has 0 aliphatic carbocycles. The number of nitrogen functional groups attached to an aromatic ring is 1. The van der Waals surface area contributed by atoms with Crippen LogP contribution in [-0.2, 0) is 11.2 Å². The number of hydrogen-bond donors (Lipinski definition) is 1. The molecule has 0 unspecified atom stereocenters. The van der Waals surface area contributed by atoms with Gasteiger partial charge in [-0.05, 0) is 30.7 Å². The summed E-state index contributed by atoms with van der Waals surface area (Å²) >= 11 is 0. The number of benzene rings is 1. The molecule has 21 heavy (non-hydrogen) atoms. The van der Waals surface area contributed by atoms with Gasteiger partial charge in [0.05, 0.1) is 19.9 Å². The van der Waals surface area contributed by atoms with Crippen molar-refractivity contribution >= 4 is 11.8 Å². The van der Waals surface area contributed by atoms with Crippen molar-refractivity contribution in [2.75, 3.05) is 20.0 Å². The summed E-state index contributed by atoms with van der Waals surface area (Å²) in [5.74, 6) is 1.22.